The van der Waals surface area contributed by atoms with Crippen LogP contribution in [0.25, 0.3) is 45.3 Å². The molecule has 172 valence electrons. The minimum atomic E-state index is -0.386. The van der Waals surface area contributed by atoms with E-state index in [2.05, 4.69) is 4.98 Å². The maximum Gasteiger partial charge on any atom is 0.348 e. The van der Waals surface area contributed by atoms with Gasteiger partial charge in [-0.05, 0) is 59.2 Å². The van der Waals surface area contributed by atoms with E-state index >= 15 is 0 Å². The Bertz CT molecular complexity index is 1600. The van der Waals surface area contributed by atoms with E-state index in [9.17, 15) is 13.6 Å². The van der Waals surface area contributed by atoms with Crippen LogP contribution >= 0.6 is 11.3 Å². The number of ether oxygens (including phenoxy) is 1. The number of pyridine rings is 1. The quantitative estimate of drug-likeness (QED) is 0.189. The summed E-state index contributed by atoms with van der Waals surface area (Å²) >= 11 is 1.36. The summed E-state index contributed by atoms with van der Waals surface area (Å²) in [5, 5.41) is 1.76. The maximum atomic E-state index is 13.3. The Hall–Kier alpha value is -4.16. The highest BCUT2D eigenvalue weighted by molar-refractivity contribution is 7.21. The monoisotopic (exact) mass is 483 g/mol. The van der Waals surface area contributed by atoms with Crippen molar-refractivity contribution >= 4 is 62.6 Å². The Morgan fingerprint density at radius 2 is 1.43 bits per heavy atom. The average molecular weight is 484 g/mol. The number of rotatable bonds is 5. The van der Waals surface area contributed by atoms with E-state index in [1.54, 1.807) is 36.5 Å². The number of hydrogen-bond acceptors (Lipinski definition) is 4. The SMILES string of the molecule is COC(=O)c1cc2cnc3c(/C=C/c4ccc(F)cc4)cc(/C=C/c4ccc(F)cc4)cc3c2s1. The number of thiophene rings is 1. The van der Waals surface area contributed by atoms with Crippen molar-refractivity contribution in [3.63, 3.8) is 0 Å². The fourth-order valence-electron chi connectivity index (χ4n) is 3.79. The van der Waals surface area contributed by atoms with E-state index in [0.717, 1.165) is 43.2 Å². The summed E-state index contributed by atoms with van der Waals surface area (Å²) in [4.78, 5) is 17.3. The Kier molecular flexibility index (Phi) is 6.21. The number of nitrogens with zero attached hydrogens (tertiary/aromatic N) is 1. The van der Waals surface area contributed by atoms with Gasteiger partial charge in [0, 0.05) is 27.2 Å². The molecule has 0 radical (unpaired) electrons. The van der Waals surface area contributed by atoms with Crippen LogP contribution in [-0.2, 0) is 4.74 Å². The topological polar surface area (TPSA) is 39.2 Å². The van der Waals surface area contributed by atoms with Crippen molar-refractivity contribution < 1.29 is 18.3 Å². The lowest BCUT2D eigenvalue weighted by atomic mass is 10.0. The molecular formula is C29H19F2NO2S. The zero-order chi connectivity index (χ0) is 24.4. The second kappa shape index (κ2) is 9.60. The molecule has 5 rings (SSSR count). The minimum Gasteiger partial charge on any atom is -0.465 e. The molecule has 5 aromatic rings. The lowest BCUT2D eigenvalue weighted by molar-refractivity contribution is 0.0606. The van der Waals surface area contributed by atoms with Gasteiger partial charge in [0.25, 0.3) is 0 Å². The maximum absolute atomic E-state index is 13.3. The molecule has 0 amide bonds. The smallest absolute Gasteiger partial charge is 0.348 e. The van der Waals surface area contributed by atoms with Crippen LogP contribution < -0.4 is 0 Å². The van der Waals surface area contributed by atoms with Gasteiger partial charge in [-0.3, -0.25) is 4.98 Å². The van der Waals surface area contributed by atoms with Crippen LogP contribution in [0.2, 0.25) is 0 Å². The number of benzene rings is 3. The van der Waals surface area contributed by atoms with E-state index in [4.69, 9.17) is 4.74 Å². The normalized spacial score (nSPS) is 11.7. The summed E-state index contributed by atoms with van der Waals surface area (Å²) in [6.45, 7) is 0. The fraction of sp³-hybridized carbons (Fsp3) is 0.0345. The molecule has 6 heteroatoms. The van der Waals surface area contributed by atoms with E-state index in [1.807, 2.05) is 36.4 Å². The zero-order valence-electron chi connectivity index (χ0n) is 18.7. The molecule has 35 heavy (non-hydrogen) atoms. The van der Waals surface area contributed by atoms with Gasteiger partial charge in [-0.2, -0.15) is 0 Å². The van der Waals surface area contributed by atoms with Gasteiger partial charge in [0.05, 0.1) is 12.6 Å². The lowest BCUT2D eigenvalue weighted by Crippen LogP contribution is -1.96. The third-order valence-electron chi connectivity index (χ3n) is 5.55. The lowest BCUT2D eigenvalue weighted by Gasteiger charge is -2.06. The molecule has 0 unspecified atom stereocenters. The molecule has 0 fully saturated rings. The van der Waals surface area contributed by atoms with E-state index in [0.29, 0.717) is 4.88 Å². The van der Waals surface area contributed by atoms with Gasteiger partial charge >= 0.3 is 5.97 Å². The molecule has 0 saturated carbocycles. The first-order valence-corrected chi connectivity index (χ1v) is 11.6. The largest absolute Gasteiger partial charge is 0.465 e. The second-order valence-corrected chi connectivity index (χ2v) is 8.97. The molecule has 2 aromatic heterocycles. The summed E-state index contributed by atoms with van der Waals surface area (Å²) in [5.74, 6) is -0.958. The summed E-state index contributed by atoms with van der Waals surface area (Å²) in [6.07, 6.45) is 9.47. The molecule has 0 aliphatic carbocycles. The van der Waals surface area contributed by atoms with E-state index < -0.39 is 0 Å². The summed E-state index contributed by atoms with van der Waals surface area (Å²) < 4.78 is 32.4. The van der Waals surface area contributed by atoms with Crippen LogP contribution in [0.4, 0.5) is 8.78 Å². The predicted octanol–water partition coefficient (Wildman–Crippen LogP) is 7.86. The third-order valence-corrected chi connectivity index (χ3v) is 6.71. The zero-order valence-corrected chi connectivity index (χ0v) is 19.5. The van der Waals surface area contributed by atoms with Crippen molar-refractivity contribution in [3.05, 3.63) is 112 Å². The average Bonchev–Trinajstić information content (AvgIpc) is 3.32. The van der Waals surface area contributed by atoms with Gasteiger partial charge < -0.3 is 4.74 Å². The van der Waals surface area contributed by atoms with Gasteiger partial charge in [0.2, 0.25) is 0 Å². The highest BCUT2D eigenvalue weighted by Gasteiger charge is 2.14. The van der Waals surface area contributed by atoms with Crippen LogP contribution in [0.5, 0.6) is 0 Å². The molecule has 3 nitrogen and oxygen atoms in total. The van der Waals surface area contributed by atoms with Crippen molar-refractivity contribution in [3.8, 4) is 0 Å². The number of esters is 1. The van der Waals surface area contributed by atoms with Gasteiger partial charge in [0.15, 0.2) is 0 Å². The van der Waals surface area contributed by atoms with Crippen molar-refractivity contribution in [1.29, 1.82) is 0 Å². The summed E-state index contributed by atoms with van der Waals surface area (Å²) in [7, 11) is 1.36. The number of carbonyl (C=O) groups is 1. The number of methoxy groups -OCH3 is 1. The first-order valence-electron chi connectivity index (χ1n) is 10.8. The summed E-state index contributed by atoms with van der Waals surface area (Å²) in [5.41, 5.74) is 4.31. The van der Waals surface area contributed by atoms with Gasteiger partial charge in [-0.25, -0.2) is 13.6 Å². The van der Waals surface area contributed by atoms with Crippen molar-refractivity contribution in [1.82, 2.24) is 4.98 Å². The van der Waals surface area contributed by atoms with Crippen molar-refractivity contribution in [2.75, 3.05) is 7.11 Å². The van der Waals surface area contributed by atoms with Gasteiger partial charge in [0.1, 0.15) is 16.5 Å². The number of aromatic nitrogens is 1. The minimum absolute atomic E-state index is 0.284. The van der Waals surface area contributed by atoms with Crippen LogP contribution in [0.1, 0.15) is 31.9 Å². The number of fused-ring (bicyclic) bond motifs is 3. The predicted molar refractivity (Wildman–Crippen MR) is 139 cm³/mol. The molecule has 3 aromatic carbocycles. The molecule has 0 aliphatic rings. The molecule has 0 saturated heterocycles. The molecule has 0 bridgehead atoms. The standard InChI is InChI=1S/C29H19F2NO2S/c1-34-29(33)26-16-22-17-32-27-21(9-4-19-7-12-24(31)13-8-19)14-20(15-25(27)28(22)35-26)3-2-18-5-10-23(30)11-6-18/h2-17H,1H3/b3-2+,9-4+. The molecule has 0 aliphatic heterocycles. The van der Waals surface area contributed by atoms with Crippen LogP contribution in [-0.4, -0.2) is 18.1 Å². The Balaban J connectivity index is 1.65. The fourth-order valence-corrected chi connectivity index (χ4v) is 4.86. The Morgan fingerprint density at radius 3 is 2.06 bits per heavy atom. The Labute approximate surface area is 204 Å². The van der Waals surface area contributed by atoms with Crippen LogP contribution in [0, 0.1) is 11.6 Å². The van der Waals surface area contributed by atoms with E-state index in [1.165, 1.54) is 42.7 Å². The third kappa shape index (κ3) is 4.88. The van der Waals surface area contributed by atoms with E-state index in [-0.39, 0.29) is 17.6 Å². The number of halogens is 2. The first-order chi connectivity index (χ1) is 17.0. The number of hydrogen-bond donors (Lipinski definition) is 0. The molecule has 2 heterocycles. The highest BCUT2D eigenvalue weighted by atomic mass is 32.1. The van der Waals surface area contributed by atoms with Crippen molar-refractivity contribution in [2.45, 2.75) is 0 Å². The molecular weight excluding hydrogens is 464 g/mol. The first kappa shape index (κ1) is 22.6. The summed E-state index contributed by atoms with van der Waals surface area (Å²) in [6, 6.07) is 18.3. The number of carbonyl (C=O) groups excluding carboxylic acids is 1. The molecule has 0 atom stereocenters. The van der Waals surface area contributed by atoms with Gasteiger partial charge in [-0.1, -0.05) is 48.6 Å². The van der Waals surface area contributed by atoms with Crippen LogP contribution in [0.3, 0.4) is 0 Å². The highest BCUT2D eigenvalue weighted by Crippen LogP contribution is 2.34. The second-order valence-electron chi connectivity index (χ2n) is 7.92. The molecule has 0 N–H and O–H groups in total. The molecule has 0 spiro atoms. The van der Waals surface area contributed by atoms with Gasteiger partial charge in [-0.15, -0.1) is 11.3 Å². The van der Waals surface area contributed by atoms with Crippen molar-refractivity contribution in [2.24, 2.45) is 0 Å². The Morgan fingerprint density at radius 1 is 0.829 bits per heavy atom. The van der Waals surface area contributed by atoms with Crippen LogP contribution in [0.15, 0.2) is 72.9 Å².